The SMILES string of the molecule is Cc1c([C@@H]2C[C@](C)(C(F)(F)F)OC[C@H]2c2cc(=O)c3c(C#N)nccc3[nH]2)ccc(F)c1F. The van der Waals surface area contributed by atoms with Crippen LogP contribution in [0.1, 0.15) is 47.7 Å². The number of hydrogen-bond donors (Lipinski definition) is 1. The zero-order valence-electron chi connectivity index (χ0n) is 17.6. The molecule has 172 valence electrons. The minimum absolute atomic E-state index is 0.0566. The van der Waals surface area contributed by atoms with Crippen molar-refractivity contribution in [2.24, 2.45) is 0 Å². The van der Waals surface area contributed by atoms with Crippen molar-refractivity contribution < 1.29 is 26.7 Å². The molecule has 1 aliphatic rings. The van der Waals surface area contributed by atoms with E-state index in [2.05, 4.69) is 9.97 Å². The summed E-state index contributed by atoms with van der Waals surface area (Å²) in [6.07, 6.45) is -3.94. The Morgan fingerprint density at radius 3 is 2.64 bits per heavy atom. The smallest absolute Gasteiger partial charge is 0.365 e. The van der Waals surface area contributed by atoms with Crippen LogP contribution in [0.5, 0.6) is 0 Å². The van der Waals surface area contributed by atoms with E-state index >= 15 is 0 Å². The fraction of sp³-hybridized carbons (Fsp3) is 0.348. The van der Waals surface area contributed by atoms with Gasteiger partial charge in [0.25, 0.3) is 0 Å². The minimum Gasteiger partial charge on any atom is -0.365 e. The Morgan fingerprint density at radius 1 is 1.24 bits per heavy atom. The van der Waals surface area contributed by atoms with Crippen molar-refractivity contribution in [1.29, 1.82) is 5.26 Å². The zero-order chi connectivity index (χ0) is 24.1. The van der Waals surface area contributed by atoms with E-state index in [0.717, 1.165) is 13.0 Å². The van der Waals surface area contributed by atoms with Gasteiger partial charge in [0.1, 0.15) is 6.07 Å². The molecule has 5 nitrogen and oxygen atoms in total. The van der Waals surface area contributed by atoms with Crippen molar-refractivity contribution in [2.45, 2.75) is 43.9 Å². The van der Waals surface area contributed by atoms with Crippen LogP contribution in [0.2, 0.25) is 0 Å². The number of rotatable bonds is 2. The highest BCUT2D eigenvalue weighted by molar-refractivity contribution is 5.82. The zero-order valence-corrected chi connectivity index (χ0v) is 17.6. The predicted molar refractivity (Wildman–Crippen MR) is 109 cm³/mol. The number of benzene rings is 1. The molecule has 1 saturated heterocycles. The third-order valence-corrected chi connectivity index (χ3v) is 6.33. The maximum atomic E-state index is 14.3. The number of nitrogens with one attached hydrogen (secondary N) is 1. The lowest BCUT2D eigenvalue weighted by Crippen LogP contribution is -2.51. The second-order valence-electron chi connectivity index (χ2n) is 8.32. The van der Waals surface area contributed by atoms with Crippen LogP contribution in [0.15, 0.2) is 35.3 Å². The summed E-state index contributed by atoms with van der Waals surface area (Å²) in [6, 6.07) is 6.65. The monoisotopic (exact) mass is 463 g/mol. The van der Waals surface area contributed by atoms with Crippen molar-refractivity contribution in [3.8, 4) is 6.07 Å². The normalized spacial score (nSPS) is 23.5. The first-order chi connectivity index (χ1) is 15.5. The number of halogens is 5. The number of H-pyrrole nitrogens is 1. The van der Waals surface area contributed by atoms with E-state index in [1.54, 1.807) is 0 Å². The molecule has 0 bridgehead atoms. The van der Waals surface area contributed by atoms with Crippen LogP contribution in [-0.2, 0) is 4.74 Å². The third kappa shape index (κ3) is 3.76. The van der Waals surface area contributed by atoms with Crippen LogP contribution in [0.25, 0.3) is 10.9 Å². The van der Waals surface area contributed by atoms with E-state index < -0.39 is 53.7 Å². The third-order valence-electron chi connectivity index (χ3n) is 6.33. The van der Waals surface area contributed by atoms with Crippen LogP contribution >= 0.6 is 0 Å². The number of ether oxygens (including phenoxy) is 1. The van der Waals surface area contributed by atoms with Gasteiger partial charge in [0, 0.05) is 23.9 Å². The highest BCUT2D eigenvalue weighted by Crippen LogP contribution is 2.50. The first kappa shape index (κ1) is 22.9. The molecule has 0 radical (unpaired) electrons. The second-order valence-corrected chi connectivity index (χ2v) is 8.32. The maximum Gasteiger partial charge on any atom is 0.417 e. The number of aromatic amines is 1. The summed E-state index contributed by atoms with van der Waals surface area (Å²) >= 11 is 0. The van der Waals surface area contributed by atoms with E-state index in [1.165, 1.54) is 31.3 Å². The van der Waals surface area contributed by atoms with Gasteiger partial charge >= 0.3 is 6.18 Å². The summed E-state index contributed by atoms with van der Waals surface area (Å²) in [4.78, 5) is 19.6. The molecule has 0 amide bonds. The average Bonchev–Trinajstić information content (AvgIpc) is 2.76. The van der Waals surface area contributed by atoms with Crippen molar-refractivity contribution >= 4 is 10.9 Å². The van der Waals surface area contributed by atoms with Gasteiger partial charge in [0.15, 0.2) is 28.4 Å². The lowest BCUT2D eigenvalue weighted by atomic mass is 9.73. The van der Waals surface area contributed by atoms with Crippen molar-refractivity contribution in [1.82, 2.24) is 9.97 Å². The lowest BCUT2D eigenvalue weighted by molar-refractivity contribution is -0.286. The van der Waals surface area contributed by atoms with Gasteiger partial charge in [-0.15, -0.1) is 0 Å². The molecule has 0 unspecified atom stereocenters. The molecule has 2 aromatic heterocycles. The van der Waals surface area contributed by atoms with Gasteiger partial charge in [-0.05, 0) is 49.4 Å². The van der Waals surface area contributed by atoms with E-state index in [4.69, 9.17) is 4.74 Å². The van der Waals surface area contributed by atoms with Gasteiger partial charge < -0.3 is 9.72 Å². The number of nitriles is 1. The number of pyridine rings is 2. The van der Waals surface area contributed by atoms with Crippen molar-refractivity contribution in [3.63, 3.8) is 0 Å². The number of alkyl halides is 3. The van der Waals surface area contributed by atoms with Gasteiger partial charge in [0.05, 0.1) is 17.5 Å². The number of aromatic nitrogens is 2. The number of nitrogens with zero attached hydrogens (tertiary/aromatic N) is 2. The molecule has 3 atom stereocenters. The molecule has 3 heterocycles. The Balaban J connectivity index is 1.89. The van der Waals surface area contributed by atoms with Crippen LogP contribution in [0.3, 0.4) is 0 Å². The molecule has 33 heavy (non-hydrogen) atoms. The van der Waals surface area contributed by atoms with E-state index in [9.17, 15) is 32.0 Å². The summed E-state index contributed by atoms with van der Waals surface area (Å²) in [5.41, 5.74) is -2.48. The summed E-state index contributed by atoms with van der Waals surface area (Å²) < 4.78 is 74.7. The topological polar surface area (TPSA) is 78.8 Å². The lowest BCUT2D eigenvalue weighted by Gasteiger charge is -2.44. The standard InChI is InChI=1S/C23H18F5N3O2/c1-11-12(3-4-15(24)21(11)25)13-8-22(2,23(26,27)28)33-10-14(13)17-7-19(32)20-16(31-17)5-6-30-18(20)9-29/h3-7,13-14H,8,10H2,1-2H3,(H,31,32)/t13-,14+,22+/m0/s1. The summed E-state index contributed by atoms with van der Waals surface area (Å²) in [5.74, 6) is -3.97. The molecule has 0 spiro atoms. The molecule has 10 heteroatoms. The molecule has 3 aromatic rings. The Kier molecular flexibility index (Phi) is 5.48. The Bertz CT molecular complexity index is 1340. The average molecular weight is 463 g/mol. The largest absolute Gasteiger partial charge is 0.417 e. The summed E-state index contributed by atoms with van der Waals surface area (Å²) in [5, 5.41) is 9.28. The van der Waals surface area contributed by atoms with Crippen LogP contribution < -0.4 is 5.43 Å². The van der Waals surface area contributed by atoms with Crippen molar-refractivity contribution in [3.05, 3.63) is 74.8 Å². The molecule has 1 aliphatic heterocycles. The highest BCUT2D eigenvalue weighted by atomic mass is 19.4. The molecule has 4 rings (SSSR count). The van der Waals surface area contributed by atoms with Crippen LogP contribution in [-0.4, -0.2) is 28.4 Å². The molecule has 1 N–H and O–H groups in total. The maximum absolute atomic E-state index is 14.3. The highest BCUT2D eigenvalue weighted by Gasteiger charge is 2.57. The van der Waals surface area contributed by atoms with Gasteiger partial charge in [-0.3, -0.25) is 4.79 Å². The van der Waals surface area contributed by atoms with E-state index in [0.29, 0.717) is 0 Å². The summed E-state index contributed by atoms with van der Waals surface area (Å²) in [6.45, 7) is 1.80. The van der Waals surface area contributed by atoms with E-state index in [1.807, 2.05) is 6.07 Å². The first-order valence-corrected chi connectivity index (χ1v) is 10.0. The molecular weight excluding hydrogens is 445 g/mol. The quantitative estimate of drug-likeness (QED) is 0.543. The van der Waals surface area contributed by atoms with Gasteiger partial charge in [0.2, 0.25) is 0 Å². The molecule has 1 fully saturated rings. The number of hydrogen-bond acceptors (Lipinski definition) is 4. The fourth-order valence-corrected chi connectivity index (χ4v) is 4.41. The van der Waals surface area contributed by atoms with Gasteiger partial charge in [-0.1, -0.05) is 6.07 Å². The first-order valence-electron chi connectivity index (χ1n) is 10.0. The van der Waals surface area contributed by atoms with E-state index in [-0.39, 0.29) is 33.4 Å². The number of fused-ring (bicyclic) bond motifs is 1. The molecule has 0 aliphatic carbocycles. The molecular formula is C23H18F5N3O2. The van der Waals surface area contributed by atoms with Crippen LogP contribution in [0.4, 0.5) is 22.0 Å². The predicted octanol–water partition coefficient (Wildman–Crippen LogP) is 4.99. The second kappa shape index (κ2) is 7.92. The van der Waals surface area contributed by atoms with Crippen molar-refractivity contribution in [2.75, 3.05) is 6.61 Å². The fourth-order valence-electron chi connectivity index (χ4n) is 4.41. The summed E-state index contributed by atoms with van der Waals surface area (Å²) in [7, 11) is 0. The Hall–Kier alpha value is -3.32. The van der Waals surface area contributed by atoms with Crippen LogP contribution in [0, 0.1) is 29.9 Å². The molecule has 1 aromatic carbocycles. The van der Waals surface area contributed by atoms with Gasteiger partial charge in [-0.25, -0.2) is 13.8 Å². The minimum atomic E-state index is -4.70. The Labute approximate surface area is 184 Å². The molecule has 0 saturated carbocycles. The van der Waals surface area contributed by atoms with Gasteiger partial charge in [-0.2, -0.15) is 18.4 Å². The Morgan fingerprint density at radius 2 is 1.97 bits per heavy atom.